The van der Waals surface area contributed by atoms with Crippen molar-refractivity contribution in [3.05, 3.63) is 29.3 Å². The normalized spacial score (nSPS) is 21.1. The van der Waals surface area contributed by atoms with Gasteiger partial charge in [-0.2, -0.15) is 0 Å². The van der Waals surface area contributed by atoms with Crippen LogP contribution in [-0.4, -0.2) is 31.1 Å². The van der Waals surface area contributed by atoms with E-state index in [1.54, 1.807) is 0 Å². The Hall–Kier alpha value is -1.26. The lowest BCUT2D eigenvalue weighted by Crippen LogP contribution is -2.49. The Morgan fingerprint density at radius 3 is 2.76 bits per heavy atom. The molecule has 4 nitrogen and oxygen atoms in total. The SMILES string of the molecule is CCC(C)C(N)C(=O)NC1CCN(c2ccc(Cl)cc2)C1. The lowest BCUT2D eigenvalue weighted by atomic mass is 9.99. The molecule has 0 spiro atoms. The zero-order chi connectivity index (χ0) is 15.4. The number of amides is 1. The van der Waals surface area contributed by atoms with Crippen LogP contribution in [0.4, 0.5) is 5.69 Å². The third kappa shape index (κ3) is 4.11. The molecule has 0 saturated carbocycles. The van der Waals surface area contributed by atoms with Gasteiger partial charge < -0.3 is 16.0 Å². The first kappa shape index (κ1) is 16.1. The van der Waals surface area contributed by atoms with Crippen LogP contribution in [-0.2, 0) is 4.79 Å². The maximum atomic E-state index is 12.1. The molecule has 1 aliphatic heterocycles. The van der Waals surface area contributed by atoms with E-state index in [1.165, 1.54) is 0 Å². The summed E-state index contributed by atoms with van der Waals surface area (Å²) in [6.07, 6.45) is 1.86. The number of hydrogen-bond donors (Lipinski definition) is 2. The average molecular weight is 310 g/mol. The number of benzene rings is 1. The quantitative estimate of drug-likeness (QED) is 0.878. The van der Waals surface area contributed by atoms with Crippen molar-refractivity contribution in [2.75, 3.05) is 18.0 Å². The van der Waals surface area contributed by atoms with Gasteiger partial charge in [-0.1, -0.05) is 31.9 Å². The molecule has 3 N–H and O–H groups in total. The molecule has 116 valence electrons. The fourth-order valence-corrected chi connectivity index (χ4v) is 2.70. The molecule has 1 aromatic rings. The van der Waals surface area contributed by atoms with E-state index >= 15 is 0 Å². The Morgan fingerprint density at radius 2 is 2.14 bits per heavy atom. The summed E-state index contributed by atoms with van der Waals surface area (Å²) in [4.78, 5) is 14.4. The minimum atomic E-state index is -0.417. The molecule has 5 heteroatoms. The van der Waals surface area contributed by atoms with Gasteiger partial charge >= 0.3 is 0 Å². The number of carbonyl (C=O) groups is 1. The highest BCUT2D eigenvalue weighted by Crippen LogP contribution is 2.22. The van der Waals surface area contributed by atoms with E-state index in [9.17, 15) is 4.79 Å². The van der Waals surface area contributed by atoms with Crippen LogP contribution in [0.2, 0.25) is 5.02 Å². The van der Waals surface area contributed by atoms with Crippen LogP contribution in [0.5, 0.6) is 0 Å². The van der Waals surface area contributed by atoms with Crippen molar-refractivity contribution < 1.29 is 4.79 Å². The van der Waals surface area contributed by atoms with E-state index in [-0.39, 0.29) is 17.9 Å². The highest BCUT2D eigenvalue weighted by Gasteiger charge is 2.27. The second-order valence-corrected chi connectivity index (χ2v) is 6.26. The van der Waals surface area contributed by atoms with Crippen molar-refractivity contribution in [1.29, 1.82) is 0 Å². The number of nitrogens with zero attached hydrogens (tertiary/aromatic N) is 1. The summed E-state index contributed by atoms with van der Waals surface area (Å²) in [7, 11) is 0. The monoisotopic (exact) mass is 309 g/mol. The van der Waals surface area contributed by atoms with Crippen LogP contribution in [0.15, 0.2) is 24.3 Å². The molecule has 2 rings (SSSR count). The molecule has 3 atom stereocenters. The molecule has 1 fully saturated rings. The molecule has 0 bridgehead atoms. The van der Waals surface area contributed by atoms with Gasteiger partial charge in [0.05, 0.1) is 6.04 Å². The van der Waals surface area contributed by atoms with Crippen molar-refractivity contribution in [2.24, 2.45) is 11.7 Å². The maximum absolute atomic E-state index is 12.1. The van der Waals surface area contributed by atoms with Gasteiger partial charge in [0.1, 0.15) is 0 Å². The molecule has 1 aromatic carbocycles. The van der Waals surface area contributed by atoms with Crippen LogP contribution in [0.25, 0.3) is 0 Å². The zero-order valence-corrected chi connectivity index (χ0v) is 13.4. The third-order valence-electron chi connectivity index (χ3n) is 4.29. The smallest absolute Gasteiger partial charge is 0.237 e. The molecule has 0 aliphatic carbocycles. The topological polar surface area (TPSA) is 58.4 Å². The Kier molecular flexibility index (Phi) is 5.48. The van der Waals surface area contributed by atoms with Gasteiger partial charge in [0.25, 0.3) is 0 Å². The predicted molar refractivity (Wildman–Crippen MR) is 87.6 cm³/mol. The molecule has 0 aromatic heterocycles. The summed E-state index contributed by atoms with van der Waals surface area (Å²) in [6, 6.07) is 7.56. The van der Waals surface area contributed by atoms with E-state index in [0.29, 0.717) is 0 Å². The molecular weight excluding hydrogens is 286 g/mol. The fraction of sp³-hybridized carbons (Fsp3) is 0.562. The second-order valence-electron chi connectivity index (χ2n) is 5.83. The number of nitrogens with two attached hydrogens (primary N) is 1. The summed E-state index contributed by atoms with van der Waals surface area (Å²) in [6.45, 7) is 5.82. The molecule has 1 aliphatic rings. The van der Waals surface area contributed by atoms with Gasteiger partial charge in [0.15, 0.2) is 0 Å². The first-order chi connectivity index (χ1) is 10.0. The van der Waals surface area contributed by atoms with Crippen LogP contribution in [0, 0.1) is 5.92 Å². The molecule has 0 radical (unpaired) electrons. The number of halogens is 1. The number of rotatable bonds is 5. The molecular formula is C16H24ClN3O. The van der Waals surface area contributed by atoms with Crippen molar-refractivity contribution in [3.63, 3.8) is 0 Å². The van der Waals surface area contributed by atoms with Crippen molar-refractivity contribution >= 4 is 23.2 Å². The molecule has 3 unspecified atom stereocenters. The first-order valence-corrected chi connectivity index (χ1v) is 7.95. The Bertz CT molecular complexity index is 477. The van der Waals surface area contributed by atoms with E-state index in [4.69, 9.17) is 17.3 Å². The van der Waals surface area contributed by atoms with E-state index in [0.717, 1.165) is 36.6 Å². The molecule has 1 heterocycles. The summed E-state index contributed by atoms with van der Waals surface area (Å²) in [5, 5.41) is 3.81. The molecule has 21 heavy (non-hydrogen) atoms. The lowest BCUT2D eigenvalue weighted by molar-refractivity contribution is -0.124. The molecule has 1 amide bonds. The van der Waals surface area contributed by atoms with Gasteiger partial charge in [0, 0.05) is 29.8 Å². The van der Waals surface area contributed by atoms with Crippen LogP contribution in [0.1, 0.15) is 26.7 Å². The number of anilines is 1. The Morgan fingerprint density at radius 1 is 1.48 bits per heavy atom. The fourth-order valence-electron chi connectivity index (χ4n) is 2.57. The van der Waals surface area contributed by atoms with Gasteiger partial charge in [-0.3, -0.25) is 4.79 Å². The maximum Gasteiger partial charge on any atom is 0.237 e. The average Bonchev–Trinajstić information content (AvgIpc) is 2.94. The molecule has 1 saturated heterocycles. The lowest BCUT2D eigenvalue weighted by Gasteiger charge is -2.22. The summed E-state index contributed by atoms with van der Waals surface area (Å²) >= 11 is 5.90. The standard InChI is InChI=1S/C16H24ClN3O/c1-3-11(2)15(18)16(21)19-13-8-9-20(10-13)14-6-4-12(17)5-7-14/h4-7,11,13,15H,3,8-10,18H2,1-2H3,(H,19,21). The van der Waals surface area contributed by atoms with Crippen LogP contribution >= 0.6 is 11.6 Å². The number of carbonyl (C=O) groups excluding carboxylic acids is 1. The van der Waals surface area contributed by atoms with Gasteiger partial charge in [-0.05, 0) is 36.6 Å². The third-order valence-corrected chi connectivity index (χ3v) is 4.54. The van der Waals surface area contributed by atoms with E-state index in [1.807, 2.05) is 31.2 Å². The summed E-state index contributed by atoms with van der Waals surface area (Å²) in [5.41, 5.74) is 7.11. The highest BCUT2D eigenvalue weighted by atomic mass is 35.5. The Balaban J connectivity index is 1.88. The summed E-state index contributed by atoms with van der Waals surface area (Å²) < 4.78 is 0. The predicted octanol–water partition coefficient (Wildman–Crippen LogP) is 2.41. The van der Waals surface area contributed by atoms with E-state index < -0.39 is 6.04 Å². The largest absolute Gasteiger partial charge is 0.369 e. The van der Waals surface area contributed by atoms with Crippen LogP contribution in [0.3, 0.4) is 0 Å². The Labute approximate surface area is 131 Å². The second kappa shape index (κ2) is 7.14. The van der Waals surface area contributed by atoms with Crippen LogP contribution < -0.4 is 16.0 Å². The first-order valence-electron chi connectivity index (χ1n) is 7.57. The van der Waals surface area contributed by atoms with Gasteiger partial charge in [-0.15, -0.1) is 0 Å². The number of nitrogens with one attached hydrogen (secondary N) is 1. The minimum absolute atomic E-state index is 0.0349. The highest BCUT2D eigenvalue weighted by molar-refractivity contribution is 6.30. The zero-order valence-electron chi connectivity index (χ0n) is 12.7. The van der Waals surface area contributed by atoms with Crippen molar-refractivity contribution in [3.8, 4) is 0 Å². The van der Waals surface area contributed by atoms with Gasteiger partial charge in [-0.25, -0.2) is 0 Å². The van der Waals surface area contributed by atoms with Crippen molar-refractivity contribution in [2.45, 2.75) is 38.8 Å². The van der Waals surface area contributed by atoms with Crippen molar-refractivity contribution in [1.82, 2.24) is 5.32 Å². The number of hydrogen-bond acceptors (Lipinski definition) is 3. The minimum Gasteiger partial charge on any atom is -0.369 e. The summed E-state index contributed by atoms with van der Waals surface area (Å²) in [5.74, 6) is 0.172. The van der Waals surface area contributed by atoms with Gasteiger partial charge in [0.2, 0.25) is 5.91 Å². The van der Waals surface area contributed by atoms with E-state index in [2.05, 4.69) is 17.1 Å².